The van der Waals surface area contributed by atoms with Gasteiger partial charge in [0.25, 0.3) is 5.91 Å². The third-order valence-corrected chi connectivity index (χ3v) is 5.44. The second-order valence-corrected chi connectivity index (χ2v) is 8.95. The van der Waals surface area contributed by atoms with Gasteiger partial charge in [-0.3, -0.25) is 9.59 Å². The van der Waals surface area contributed by atoms with Gasteiger partial charge in [-0.1, -0.05) is 62.2 Å². The molecule has 0 saturated carbocycles. The van der Waals surface area contributed by atoms with Crippen LogP contribution >= 0.6 is 23.2 Å². The SMILES string of the molecule is CNC(=O)[C@H](C)N(Cc1ccc(Cl)cc1Cl)C(=O)COc1ccc(C(C)(C)C)cc1. The lowest BCUT2D eigenvalue weighted by Crippen LogP contribution is -2.48. The van der Waals surface area contributed by atoms with Crippen molar-refractivity contribution in [1.29, 1.82) is 0 Å². The number of amides is 2. The van der Waals surface area contributed by atoms with Gasteiger partial charge in [0, 0.05) is 23.6 Å². The Kier molecular flexibility index (Phi) is 8.16. The molecule has 2 rings (SSSR count). The van der Waals surface area contributed by atoms with Gasteiger partial charge in [-0.2, -0.15) is 0 Å². The minimum Gasteiger partial charge on any atom is -0.484 e. The van der Waals surface area contributed by atoms with E-state index in [9.17, 15) is 9.59 Å². The normalized spacial score (nSPS) is 12.2. The van der Waals surface area contributed by atoms with E-state index in [-0.39, 0.29) is 30.4 Å². The predicted molar refractivity (Wildman–Crippen MR) is 121 cm³/mol. The number of ether oxygens (including phenoxy) is 1. The Morgan fingerprint density at radius 2 is 1.73 bits per heavy atom. The Bertz CT molecular complexity index is 892. The molecule has 0 aliphatic carbocycles. The molecule has 7 heteroatoms. The lowest BCUT2D eigenvalue weighted by atomic mass is 9.87. The molecule has 0 aliphatic rings. The van der Waals surface area contributed by atoms with Crippen LogP contribution in [0.2, 0.25) is 10.0 Å². The number of nitrogens with one attached hydrogen (secondary N) is 1. The average molecular weight is 451 g/mol. The largest absolute Gasteiger partial charge is 0.484 e. The van der Waals surface area contributed by atoms with Gasteiger partial charge in [0.05, 0.1) is 0 Å². The number of carbonyl (C=O) groups excluding carboxylic acids is 2. The van der Waals surface area contributed by atoms with E-state index in [0.717, 1.165) is 0 Å². The molecule has 1 atom stereocenters. The number of benzene rings is 2. The minimum absolute atomic E-state index is 0.0337. The number of carbonyl (C=O) groups is 2. The van der Waals surface area contributed by atoms with Gasteiger partial charge < -0.3 is 15.0 Å². The molecule has 2 amide bonds. The summed E-state index contributed by atoms with van der Waals surface area (Å²) in [5.74, 6) is -0.00611. The zero-order valence-corrected chi connectivity index (χ0v) is 19.5. The first-order chi connectivity index (χ1) is 14.0. The zero-order chi connectivity index (χ0) is 22.5. The van der Waals surface area contributed by atoms with Gasteiger partial charge in [0.15, 0.2) is 6.61 Å². The van der Waals surface area contributed by atoms with E-state index in [1.807, 2.05) is 24.3 Å². The molecule has 0 heterocycles. The van der Waals surface area contributed by atoms with Crippen LogP contribution in [0.25, 0.3) is 0 Å². The first-order valence-corrected chi connectivity index (χ1v) is 10.5. The van der Waals surface area contributed by atoms with E-state index in [2.05, 4.69) is 26.1 Å². The summed E-state index contributed by atoms with van der Waals surface area (Å²) < 4.78 is 5.69. The highest BCUT2D eigenvalue weighted by Crippen LogP contribution is 2.25. The van der Waals surface area contributed by atoms with E-state index >= 15 is 0 Å². The van der Waals surface area contributed by atoms with E-state index in [4.69, 9.17) is 27.9 Å². The first kappa shape index (κ1) is 24.0. The third kappa shape index (κ3) is 6.38. The van der Waals surface area contributed by atoms with E-state index < -0.39 is 6.04 Å². The quantitative estimate of drug-likeness (QED) is 0.656. The fourth-order valence-corrected chi connectivity index (χ4v) is 3.37. The molecule has 5 nitrogen and oxygen atoms in total. The van der Waals surface area contributed by atoms with Gasteiger partial charge in [-0.05, 0) is 47.7 Å². The van der Waals surface area contributed by atoms with Crippen molar-refractivity contribution < 1.29 is 14.3 Å². The van der Waals surface area contributed by atoms with Crippen molar-refractivity contribution in [1.82, 2.24) is 10.2 Å². The number of nitrogens with zero attached hydrogens (tertiary/aromatic N) is 1. The molecule has 162 valence electrons. The molecular formula is C23H28Cl2N2O3. The molecule has 0 saturated heterocycles. The summed E-state index contributed by atoms with van der Waals surface area (Å²) in [4.78, 5) is 26.6. The summed E-state index contributed by atoms with van der Waals surface area (Å²) in [6.45, 7) is 8.03. The molecule has 0 aliphatic heterocycles. The molecule has 0 bridgehead atoms. The topological polar surface area (TPSA) is 58.6 Å². The van der Waals surface area contributed by atoms with E-state index in [1.165, 1.54) is 17.5 Å². The van der Waals surface area contributed by atoms with Crippen LogP contribution in [-0.4, -0.2) is 36.4 Å². The number of rotatable bonds is 7. The molecule has 0 spiro atoms. The summed E-state index contributed by atoms with van der Waals surface area (Å²) in [5, 5.41) is 3.51. The van der Waals surface area contributed by atoms with Crippen molar-refractivity contribution in [3.8, 4) is 5.75 Å². The monoisotopic (exact) mass is 450 g/mol. The highest BCUT2D eigenvalue weighted by Gasteiger charge is 2.26. The Hall–Kier alpha value is -2.24. The maximum absolute atomic E-state index is 12.9. The highest BCUT2D eigenvalue weighted by molar-refractivity contribution is 6.35. The molecule has 30 heavy (non-hydrogen) atoms. The maximum Gasteiger partial charge on any atom is 0.261 e. The van der Waals surface area contributed by atoms with Crippen molar-refractivity contribution in [3.05, 3.63) is 63.6 Å². The van der Waals surface area contributed by atoms with Gasteiger partial charge in [0.1, 0.15) is 11.8 Å². The van der Waals surface area contributed by atoms with Gasteiger partial charge in [-0.15, -0.1) is 0 Å². The maximum atomic E-state index is 12.9. The second kappa shape index (κ2) is 10.2. The van der Waals surface area contributed by atoms with E-state index in [1.54, 1.807) is 25.1 Å². The van der Waals surface area contributed by atoms with Gasteiger partial charge in [-0.25, -0.2) is 0 Å². The van der Waals surface area contributed by atoms with Crippen LogP contribution in [0.15, 0.2) is 42.5 Å². The predicted octanol–water partition coefficient (Wildman–Crippen LogP) is 4.83. The summed E-state index contributed by atoms with van der Waals surface area (Å²) in [6.07, 6.45) is 0. The van der Waals surface area contributed by atoms with Crippen LogP contribution in [0.4, 0.5) is 0 Å². The van der Waals surface area contributed by atoms with Crippen molar-refractivity contribution in [2.45, 2.75) is 45.7 Å². The van der Waals surface area contributed by atoms with Gasteiger partial charge >= 0.3 is 0 Å². The number of hydrogen-bond donors (Lipinski definition) is 1. The lowest BCUT2D eigenvalue weighted by Gasteiger charge is -2.28. The third-order valence-electron chi connectivity index (χ3n) is 4.85. The van der Waals surface area contributed by atoms with Crippen LogP contribution < -0.4 is 10.1 Å². The van der Waals surface area contributed by atoms with Crippen LogP contribution in [0.5, 0.6) is 5.75 Å². The Morgan fingerprint density at radius 1 is 1.10 bits per heavy atom. The smallest absolute Gasteiger partial charge is 0.261 e. The summed E-state index contributed by atoms with van der Waals surface area (Å²) in [5.41, 5.74) is 1.90. The molecular weight excluding hydrogens is 423 g/mol. The summed E-state index contributed by atoms with van der Waals surface area (Å²) in [6, 6.07) is 12.0. The molecule has 1 N–H and O–H groups in total. The lowest BCUT2D eigenvalue weighted by molar-refractivity contribution is -0.142. The molecule has 0 aromatic heterocycles. The zero-order valence-electron chi connectivity index (χ0n) is 18.0. The number of hydrogen-bond acceptors (Lipinski definition) is 3. The molecule has 2 aromatic carbocycles. The summed E-state index contributed by atoms with van der Waals surface area (Å²) >= 11 is 12.2. The van der Waals surface area contributed by atoms with Gasteiger partial charge in [0.2, 0.25) is 5.91 Å². The molecule has 0 fully saturated rings. The fraction of sp³-hybridized carbons (Fsp3) is 0.391. The van der Waals surface area contributed by atoms with E-state index in [0.29, 0.717) is 21.4 Å². The second-order valence-electron chi connectivity index (χ2n) is 8.11. The van der Waals surface area contributed by atoms with Crippen molar-refractivity contribution in [2.24, 2.45) is 0 Å². The summed E-state index contributed by atoms with van der Waals surface area (Å²) in [7, 11) is 1.53. The van der Waals surface area contributed by atoms with Crippen molar-refractivity contribution >= 4 is 35.0 Å². The number of likely N-dealkylation sites (N-methyl/N-ethyl adjacent to an activating group) is 1. The standard InChI is InChI=1S/C23H28Cl2N2O3/c1-15(22(29)26-5)27(13-16-6-9-18(24)12-20(16)25)21(28)14-30-19-10-7-17(8-11-19)23(2,3)4/h6-12,15H,13-14H2,1-5H3,(H,26,29)/t15-/m0/s1. The van der Waals surface area contributed by atoms with Crippen LogP contribution in [-0.2, 0) is 21.5 Å². The minimum atomic E-state index is -0.693. The van der Waals surface area contributed by atoms with Crippen LogP contribution in [0.1, 0.15) is 38.8 Å². The number of halogens is 2. The van der Waals surface area contributed by atoms with Crippen LogP contribution in [0.3, 0.4) is 0 Å². The Balaban J connectivity index is 2.15. The average Bonchev–Trinajstić information content (AvgIpc) is 2.70. The highest BCUT2D eigenvalue weighted by atomic mass is 35.5. The Labute approximate surface area is 188 Å². The molecule has 2 aromatic rings. The molecule has 0 radical (unpaired) electrons. The van der Waals surface area contributed by atoms with Crippen molar-refractivity contribution in [2.75, 3.05) is 13.7 Å². The Morgan fingerprint density at radius 3 is 2.27 bits per heavy atom. The van der Waals surface area contributed by atoms with Crippen LogP contribution in [0, 0.1) is 0 Å². The molecule has 0 unspecified atom stereocenters. The first-order valence-electron chi connectivity index (χ1n) is 9.71. The fourth-order valence-electron chi connectivity index (χ4n) is 2.90. The van der Waals surface area contributed by atoms with Crippen molar-refractivity contribution in [3.63, 3.8) is 0 Å².